The molecule has 0 saturated heterocycles. The average molecular weight is 254 g/mol. The predicted octanol–water partition coefficient (Wildman–Crippen LogP) is 3.98. The zero-order valence-corrected chi connectivity index (χ0v) is 12.4. The molecule has 0 aliphatic carbocycles. The molecule has 0 fully saturated rings. The first-order chi connectivity index (χ1) is 8.62. The van der Waals surface area contributed by atoms with Crippen molar-refractivity contribution >= 4 is 0 Å². The third kappa shape index (κ3) is 5.83. The maximum Gasteiger partial charge on any atom is 0.105 e. The van der Waals surface area contributed by atoms with Gasteiger partial charge in [-0.3, -0.25) is 0 Å². The SMILES string of the molecule is CCC/C=C(\CC)C(O)C(O)/C(=C/CCC)CC. The third-order valence-corrected chi connectivity index (χ3v) is 3.27. The normalized spacial score (nSPS) is 16.8. The van der Waals surface area contributed by atoms with Crippen LogP contribution in [0.1, 0.15) is 66.2 Å². The van der Waals surface area contributed by atoms with Crippen molar-refractivity contribution in [3.63, 3.8) is 0 Å². The fourth-order valence-electron chi connectivity index (χ4n) is 2.01. The molecule has 2 N–H and O–H groups in total. The molecule has 0 saturated carbocycles. The molecule has 0 heterocycles. The molecule has 0 rings (SSSR count). The Morgan fingerprint density at radius 3 is 1.33 bits per heavy atom. The molecule has 0 aromatic carbocycles. The van der Waals surface area contributed by atoms with Crippen molar-refractivity contribution in [1.29, 1.82) is 0 Å². The molecule has 0 bridgehead atoms. The van der Waals surface area contributed by atoms with Gasteiger partial charge in [0.05, 0.1) is 0 Å². The van der Waals surface area contributed by atoms with Gasteiger partial charge in [0.25, 0.3) is 0 Å². The van der Waals surface area contributed by atoms with Crippen molar-refractivity contribution in [2.24, 2.45) is 0 Å². The Morgan fingerprint density at radius 2 is 1.11 bits per heavy atom. The Labute approximate surface area is 112 Å². The second-order valence-corrected chi connectivity index (χ2v) is 4.73. The van der Waals surface area contributed by atoms with Gasteiger partial charge in [-0.2, -0.15) is 0 Å². The Hall–Kier alpha value is -0.600. The summed E-state index contributed by atoms with van der Waals surface area (Å²) in [7, 11) is 0. The Balaban J connectivity index is 4.76. The van der Waals surface area contributed by atoms with Gasteiger partial charge >= 0.3 is 0 Å². The second-order valence-electron chi connectivity index (χ2n) is 4.73. The lowest BCUT2D eigenvalue weighted by Crippen LogP contribution is -2.29. The number of aliphatic hydroxyl groups excluding tert-OH is 2. The van der Waals surface area contributed by atoms with Crippen LogP contribution < -0.4 is 0 Å². The van der Waals surface area contributed by atoms with Crippen LogP contribution in [0.5, 0.6) is 0 Å². The highest BCUT2D eigenvalue weighted by molar-refractivity contribution is 5.19. The Bertz CT molecular complexity index is 238. The highest BCUT2D eigenvalue weighted by Gasteiger charge is 2.21. The Kier molecular flexibility index (Phi) is 9.99. The van der Waals surface area contributed by atoms with Gasteiger partial charge in [0.2, 0.25) is 0 Å². The zero-order valence-electron chi connectivity index (χ0n) is 12.4. The molecule has 2 nitrogen and oxygen atoms in total. The molecular formula is C16H30O2. The summed E-state index contributed by atoms with van der Waals surface area (Å²) in [6, 6.07) is 0. The van der Waals surface area contributed by atoms with Crippen LogP contribution in [-0.4, -0.2) is 22.4 Å². The quantitative estimate of drug-likeness (QED) is 0.611. The molecule has 0 amide bonds. The van der Waals surface area contributed by atoms with E-state index >= 15 is 0 Å². The summed E-state index contributed by atoms with van der Waals surface area (Å²) < 4.78 is 0. The first kappa shape index (κ1) is 17.4. The van der Waals surface area contributed by atoms with Gasteiger partial charge in [-0.25, -0.2) is 0 Å². The van der Waals surface area contributed by atoms with E-state index in [1.165, 1.54) is 0 Å². The lowest BCUT2D eigenvalue weighted by atomic mass is 9.93. The van der Waals surface area contributed by atoms with Crippen LogP contribution in [0.2, 0.25) is 0 Å². The molecule has 2 unspecified atom stereocenters. The Morgan fingerprint density at radius 1 is 0.778 bits per heavy atom. The van der Waals surface area contributed by atoms with E-state index < -0.39 is 12.2 Å². The van der Waals surface area contributed by atoms with E-state index in [0.29, 0.717) is 0 Å². The van der Waals surface area contributed by atoms with Crippen LogP contribution in [-0.2, 0) is 0 Å². The smallest absolute Gasteiger partial charge is 0.105 e. The van der Waals surface area contributed by atoms with Gasteiger partial charge < -0.3 is 10.2 Å². The monoisotopic (exact) mass is 254 g/mol. The van der Waals surface area contributed by atoms with E-state index in [4.69, 9.17) is 0 Å². The number of rotatable bonds is 9. The molecule has 0 aliphatic heterocycles. The van der Waals surface area contributed by atoms with Crippen molar-refractivity contribution in [2.75, 3.05) is 0 Å². The molecule has 18 heavy (non-hydrogen) atoms. The number of unbranched alkanes of at least 4 members (excludes halogenated alkanes) is 2. The van der Waals surface area contributed by atoms with Crippen LogP contribution >= 0.6 is 0 Å². The van der Waals surface area contributed by atoms with Crippen molar-refractivity contribution < 1.29 is 10.2 Å². The fourth-order valence-corrected chi connectivity index (χ4v) is 2.01. The molecule has 0 aromatic rings. The van der Waals surface area contributed by atoms with Crippen LogP contribution in [0.25, 0.3) is 0 Å². The number of hydrogen-bond donors (Lipinski definition) is 2. The summed E-state index contributed by atoms with van der Waals surface area (Å²) in [5, 5.41) is 20.5. The number of hydrogen-bond acceptors (Lipinski definition) is 2. The van der Waals surface area contributed by atoms with Crippen LogP contribution in [0.4, 0.5) is 0 Å². The topological polar surface area (TPSA) is 40.5 Å². The van der Waals surface area contributed by atoms with E-state index in [1.54, 1.807) is 0 Å². The lowest BCUT2D eigenvalue weighted by molar-refractivity contribution is 0.0618. The molecule has 2 heteroatoms. The van der Waals surface area contributed by atoms with Gasteiger partial charge in [0.1, 0.15) is 12.2 Å². The van der Waals surface area contributed by atoms with Gasteiger partial charge in [-0.1, -0.05) is 52.7 Å². The molecule has 0 aliphatic rings. The lowest BCUT2D eigenvalue weighted by Gasteiger charge is -2.22. The minimum absolute atomic E-state index is 0.746. The van der Waals surface area contributed by atoms with Gasteiger partial charge in [-0.15, -0.1) is 0 Å². The standard InChI is InChI=1S/C16H30O2/c1-5-9-11-13(7-3)15(17)16(18)14(8-4)12-10-6-2/h11-12,15-18H,5-10H2,1-4H3/b13-11+,14-12+. The number of aliphatic hydroxyl groups is 2. The summed E-state index contributed by atoms with van der Waals surface area (Å²) in [6.45, 7) is 8.29. The van der Waals surface area contributed by atoms with E-state index in [0.717, 1.165) is 49.7 Å². The van der Waals surface area contributed by atoms with Crippen molar-refractivity contribution in [2.45, 2.75) is 78.4 Å². The molecule has 2 atom stereocenters. The summed E-state index contributed by atoms with van der Waals surface area (Å²) in [5.74, 6) is 0. The maximum absolute atomic E-state index is 10.2. The van der Waals surface area contributed by atoms with E-state index in [-0.39, 0.29) is 0 Å². The minimum Gasteiger partial charge on any atom is -0.386 e. The van der Waals surface area contributed by atoms with E-state index in [1.807, 2.05) is 13.8 Å². The summed E-state index contributed by atoms with van der Waals surface area (Å²) >= 11 is 0. The average Bonchev–Trinajstić information content (AvgIpc) is 2.39. The first-order valence-corrected chi connectivity index (χ1v) is 7.36. The summed E-state index contributed by atoms with van der Waals surface area (Å²) in [4.78, 5) is 0. The molecule has 0 spiro atoms. The zero-order chi connectivity index (χ0) is 14.0. The van der Waals surface area contributed by atoms with Crippen molar-refractivity contribution in [3.8, 4) is 0 Å². The van der Waals surface area contributed by atoms with E-state index in [9.17, 15) is 10.2 Å². The second kappa shape index (κ2) is 10.3. The third-order valence-electron chi connectivity index (χ3n) is 3.27. The number of allylic oxidation sites excluding steroid dienone is 2. The van der Waals surface area contributed by atoms with E-state index in [2.05, 4.69) is 26.0 Å². The predicted molar refractivity (Wildman–Crippen MR) is 78.6 cm³/mol. The molecule has 106 valence electrons. The molecule has 0 aromatic heterocycles. The van der Waals surface area contributed by atoms with Crippen LogP contribution in [0.3, 0.4) is 0 Å². The van der Waals surface area contributed by atoms with Crippen molar-refractivity contribution in [1.82, 2.24) is 0 Å². The highest BCUT2D eigenvalue weighted by atomic mass is 16.3. The van der Waals surface area contributed by atoms with Crippen LogP contribution in [0.15, 0.2) is 23.3 Å². The summed E-state index contributed by atoms with van der Waals surface area (Å²) in [5.41, 5.74) is 1.92. The fraction of sp³-hybridized carbons (Fsp3) is 0.750. The van der Waals surface area contributed by atoms with Crippen molar-refractivity contribution in [3.05, 3.63) is 23.3 Å². The maximum atomic E-state index is 10.2. The van der Waals surface area contributed by atoms with Gasteiger partial charge in [0, 0.05) is 0 Å². The first-order valence-electron chi connectivity index (χ1n) is 7.36. The summed E-state index contributed by atoms with van der Waals surface area (Å²) in [6.07, 6.45) is 8.31. The van der Waals surface area contributed by atoms with Gasteiger partial charge in [-0.05, 0) is 36.8 Å². The molecular weight excluding hydrogens is 224 g/mol. The highest BCUT2D eigenvalue weighted by Crippen LogP contribution is 2.20. The largest absolute Gasteiger partial charge is 0.386 e. The minimum atomic E-state index is -0.746. The molecule has 0 radical (unpaired) electrons. The van der Waals surface area contributed by atoms with Gasteiger partial charge in [0.15, 0.2) is 0 Å². The van der Waals surface area contributed by atoms with Crippen LogP contribution in [0, 0.1) is 0 Å².